The van der Waals surface area contributed by atoms with Gasteiger partial charge in [0.2, 0.25) is 11.8 Å². The molecule has 0 aliphatic carbocycles. The highest BCUT2D eigenvalue weighted by Crippen LogP contribution is 2.19. The lowest BCUT2D eigenvalue weighted by Crippen LogP contribution is -2.41. The second kappa shape index (κ2) is 8.08. The Morgan fingerprint density at radius 2 is 2.22 bits per heavy atom. The lowest BCUT2D eigenvalue weighted by molar-refractivity contribution is -0.133. The van der Waals surface area contributed by atoms with Crippen LogP contribution in [-0.4, -0.2) is 50.1 Å². The SMILES string of the molecule is COCCC1CCCN(C(=O)CCNC(C)=O)C1. The summed E-state index contributed by atoms with van der Waals surface area (Å²) < 4.78 is 5.08. The molecule has 0 aromatic rings. The number of rotatable bonds is 6. The number of likely N-dealkylation sites (tertiary alicyclic amines) is 1. The molecule has 18 heavy (non-hydrogen) atoms. The maximum Gasteiger partial charge on any atom is 0.224 e. The van der Waals surface area contributed by atoms with Crippen molar-refractivity contribution in [2.45, 2.75) is 32.6 Å². The van der Waals surface area contributed by atoms with E-state index < -0.39 is 0 Å². The summed E-state index contributed by atoms with van der Waals surface area (Å²) in [6, 6.07) is 0. The van der Waals surface area contributed by atoms with Gasteiger partial charge in [-0.1, -0.05) is 0 Å². The minimum absolute atomic E-state index is 0.0839. The quantitative estimate of drug-likeness (QED) is 0.764. The van der Waals surface area contributed by atoms with E-state index in [9.17, 15) is 9.59 Å². The number of nitrogens with zero attached hydrogens (tertiary/aromatic N) is 1. The molecule has 1 aliphatic rings. The number of carbonyl (C=O) groups is 2. The number of ether oxygens (including phenoxy) is 1. The predicted octanol–water partition coefficient (Wildman–Crippen LogP) is 0.788. The van der Waals surface area contributed by atoms with Gasteiger partial charge in [0, 0.05) is 46.7 Å². The van der Waals surface area contributed by atoms with Gasteiger partial charge < -0.3 is 15.0 Å². The van der Waals surface area contributed by atoms with Crippen LogP contribution in [0.2, 0.25) is 0 Å². The molecule has 5 heteroatoms. The Hall–Kier alpha value is -1.10. The van der Waals surface area contributed by atoms with Crippen molar-refractivity contribution in [1.29, 1.82) is 0 Å². The van der Waals surface area contributed by atoms with Gasteiger partial charge in [-0.2, -0.15) is 0 Å². The number of piperidine rings is 1. The number of hydrogen-bond donors (Lipinski definition) is 1. The van der Waals surface area contributed by atoms with E-state index in [2.05, 4.69) is 5.32 Å². The largest absolute Gasteiger partial charge is 0.385 e. The summed E-state index contributed by atoms with van der Waals surface area (Å²) in [5.74, 6) is 0.619. The van der Waals surface area contributed by atoms with E-state index in [-0.39, 0.29) is 11.8 Å². The van der Waals surface area contributed by atoms with E-state index >= 15 is 0 Å². The van der Waals surface area contributed by atoms with Gasteiger partial charge >= 0.3 is 0 Å². The van der Waals surface area contributed by atoms with E-state index in [0.717, 1.165) is 32.5 Å². The standard InChI is InChI=1S/C13H24N2O3/c1-11(16)14-7-5-13(17)15-8-3-4-12(10-15)6-9-18-2/h12H,3-10H2,1-2H3,(H,14,16). The Balaban J connectivity index is 2.27. The normalized spacial score (nSPS) is 19.7. The van der Waals surface area contributed by atoms with Crippen molar-refractivity contribution >= 4 is 11.8 Å². The van der Waals surface area contributed by atoms with Gasteiger partial charge in [0.05, 0.1) is 0 Å². The third-order valence-electron chi connectivity index (χ3n) is 3.31. The van der Waals surface area contributed by atoms with Crippen molar-refractivity contribution in [1.82, 2.24) is 10.2 Å². The molecule has 1 aliphatic heterocycles. The topological polar surface area (TPSA) is 58.6 Å². The fraction of sp³-hybridized carbons (Fsp3) is 0.846. The van der Waals surface area contributed by atoms with Crippen LogP contribution in [0.5, 0.6) is 0 Å². The van der Waals surface area contributed by atoms with Crippen molar-refractivity contribution in [3.05, 3.63) is 0 Å². The van der Waals surface area contributed by atoms with Gasteiger partial charge in [-0.15, -0.1) is 0 Å². The summed E-state index contributed by atoms with van der Waals surface area (Å²) in [4.78, 5) is 24.6. The fourth-order valence-electron chi connectivity index (χ4n) is 2.32. The van der Waals surface area contributed by atoms with E-state index in [1.807, 2.05) is 4.90 Å². The van der Waals surface area contributed by atoms with Crippen molar-refractivity contribution in [3.8, 4) is 0 Å². The molecule has 2 amide bonds. The molecule has 0 bridgehead atoms. The molecule has 1 unspecified atom stereocenters. The minimum Gasteiger partial charge on any atom is -0.385 e. The van der Waals surface area contributed by atoms with Crippen molar-refractivity contribution < 1.29 is 14.3 Å². The molecule has 1 heterocycles. The first-order valence-corrected chi connectivity index (χ1v) is 6.64. The second-order valence-electron chi connectivity index (χ2n) is 4.86. The van der Waals surface area contributed by atoms with Gasteiger partial charge in [0.1, 0.15) is 0 Å². The average molecular weight is 256 g/mol. The van der Waals surface area contributed by atoms with E-state index in [4.69, 9.17) is 4.74 Å². The summed E-state index contributed by atoms with van der Waals surface area (Å²) in [5.41, 5.74) is 0. The molecule has 0 aromatic heterocycles. The lowest BCUT2D eigenvalue weighted by Gasteiger charge is -2.32. The zero-order valence-electron chi connectivity index (χ0n) is 11.4. The number of carbonyl (C=O) groups excluding carboxylic acids is 2. The third kappa shape index (κ3) is 5.49. The van der Waals surface area contributed by atoms with Gasteiger partial charge in [0.15, 0.2) is 0 Å². The van der Waals surface area contributed by atoms with Crippen molar-refractivity contribution in [3.63, 3.8) is 0 Å². The van der Waals surface area contributed by atoms with E-state index in [0.29, 0.717) is 18.9 Å². The highest BCUT2D eigenvalue weighted by atomic mass is 16.5. The Bertz CT molecular complexity index is 281. The molecule has 1 saturated heterocycles. The van der Waals surface area contributed by atoms with Crippen LogP contribution in [0, 0.1) is 5.92 Å². The number of hydrogen-bond acceptors (Lipinski definition) is 3. The van der Waals surface area contributed by atoms with Crippen molar-refractivity contribution in [2.75, 3.05) is 33.4 Å². The summed E-state index contributed by atoms with van der Waals surface area (Å²) in [7, 11) is 1.71. The molecular formula is C13H24N2O3. The van der Waals surface area contributed by atoms with Crippen LogP contribution in [0.1, 0.15) is 32.6 Å². The van der Waals surface area contributed by atoms with E-state index in [1.54, 1.807) is 7.11 Å². The van der Waals surface area contributed by atoms with Crippen LogP contribution in [0.25, 0.3) is 0 Å². The monoisotopic (exact) mass is 256 g/mol. The molecule has 1 N–H and O–H groups in total. The number of amides is 2. The van der Waals surface area contributed by atoms with Gasteiger partial charge in [0.25, 0.3) is 0 Å². The minimum atomic E-state index is -0.0839. The Labute approximate surface area is 109 Å². The fourth-order valence-corrected chi connectivity index (χ4v) is 2.32. The maximum atomic E-state index is 11.9. The molecule has 0 radical (unpaired) electrons. The lowest BCUT2D eigenvalue weighted by atomic mass is 9.95. The summed E-state index contributed by atoms with van der Waals surface area (Å²) in [5, 5.41) is 2.65. The highest BCUT2D eigenvalue weighted by molar-refractivity contribution is 5.78. The predicted molar refractivity (Wildman–Crippen MR) is 69.1 cm³/mol. The zero-order chi connectivity index (χ0) is 13.4. The first-order chi connectivity index (χ1) is 8.63. The molecule has 0 saturated carbocycles. The Morgan fingerprint density at radius 3 is 2.89 bits per heavy atom. The van der Waals surface area contributed by atoms with Gasteiger partial charge in [-0.05, 0) is 25.2 Å². The van der Waals surface area contributed by atoms with Crippen LogP contribution in [0.4, 0.5) is 0 Å². The van der Waals surface area contributed by atoms with Crippen LogP contribution in [0.3, 0.4) is 0 Å². The first kappa shape index (κ1) is 15.0. The van der Waals surface area contributed by atoms with Gasteiger partial charge in [-0.25, -0.2) is 0 Å². The maximum absolute atomic E-state index is 11.9. The summed E-state index contributed by atoms with van der Waals surface area (Å²) in [6.45, 7) is 4.35. The molecule has 1 atom stereocenters. The van der Waals surface area contributed by atoms with Crippen LogP contribution < -0.4 is 5.32 Å². The second-order valence-corrected chi connectivity index (χ2v) is 4.86. The Kier molecular flexibility index (Phi) is 6.72. The van der Waals surface area contributed by atoms with Crippen LogP contribution in [0.15, 0.2) is 0 Å². The molecular weight excluding hydrogens is 232 g/mol. The molecule has 104 valence electrons. The molecule has 1 rings (SSSR count). The van der Waals surface area contributed by atoms with Crippen molar-refractivity contribution in [2.24, 2.45) is 5.92 Å². The summed E-state index contributed by atoms with van der Waals surface area (Å²) in [6.07, 6.45) is 3.67. The zero-order valence-corrected chi connectivity index (χ0v) is 11.4. The van der Waals surface area contributed by atoms with E-state index in [1.165, 1.54) is 13.3 Å². The smallest absolute Gasteiger partial charge is 0.224 e. The van der Waals surface area contributed by atoms with Crippen LogP contribution >= 0.6 is 0 Å². The highest BCUT2D eigenvalue weighted by Gasteiger charge is 2.22. The molecule has 1 fully saturated rings. The number of methoxy groups -OCH3 is 1. The molecule has 5 nitrogen and oxygen atoms in total. The average Bonchev–Trinajstić information content (AvgIpc) is 2.36. The molecule has 0 aromatic carbocycles. The molecule has 0 spiro atoms. The van der Waals surface area contributed by atoms with Crippen LogP contribution in [-0.2, 0) is 14.3 Å². The first-order valence-electron chi connectivity index (χ1n) is 6.64. The number of nitrogens with one attached hydrogen (secondary N) is 1. The summed E-state index contributed by atoms with van der Waals surface area (Å²) >= 11 is 0. The third-order valence-corrected chi connectivity index (χ3v) is 3.31. The Morgan fingerprint density at radius 1 is 1.44 bits per heavy atom. The van der Waals surface area contributed by atoms with Gasteiger partial charge in [-0.3, -0.25) is 9.59 Å².